The van der Waals surface area contributed by atoms with Crippen LogP contribution in [0.25, 0.3) is 0 Å². The first kappa shape index (κ1) is 17.3. The molecule has 2 rings (SSSR count). The van der Waals surface area contributed by atoms with Crippen molar-refractivity contribution in [2.45, 2.75) is 30.9 Å². The number of nitrogens with zero attached hydrogens (tertiary/aromatic N) is 4. The molecular weight excluding hydrogens is 302 g/mol. The molecule has 0 spiro atoms. The number of hydrogen-bond acceptors (Lipinski definition) is 7. The van der Waals surface area contributed by atoms with E-state index in [1.165, 1.54) is 17.1 Å². The third-order valence-electron chi connectivity index (χ3n) is 3.84. The summed E-state index contributed by atoms with van der Waals surface area (Å²) >= 11 is 0. The Morgan fingerprint density at radius 1 is 1.52 bits per heavy atom. The molecule has 2 heterocycles. The first-order valence-corrected chi connectivity index (χ1v) is 6.99. The second-order valence-electron chi connectivity index (χ2n) is 5.10. The van der Waals surface area contributed by atoms with E-state index in [0.29, 0.717) is 16.9 Å². The Labute approximate surface area is 133 Å². The van der Waals surface area contributed by atoms with Crippen molar-refractivity contribution < 1.29 is 20.1 Å². The minimum absolute atomic E-state index is 0.0387. The van der Waals surface area contributed by atoms with E-state index in [4.69, 9.17) is 15.6 Å². The van der Waals surface area contributed by atoms with E-state index in [-0.39, 0.29) is 13.2 Å². The molecule has 124 valence electrons. The van der Waals surface area contributed by atoms with Crippen molar-refractivity contribution in [3.8, 4) is 6.07 Å². The third-order valence-corrected chi connectivity index (χ3v) is 3.84. The maximum Gasteiger partial charge on any atom is 0.140 e. The highest BCUT2D eigenvalue weighted by Crippen LogP contribution is 2.33. The molecule has 0 saturated carbocycles. The minimum Gasteiger partial charge on any atom is -0.394 e. The van der Waals surface area contributed by atoms with Crippen LogP contribution >= 0.6 is 0 Å². The topological polar surface area (TPSA) is 149 Å². The first-order valence-electron chi connectivity index (χ1n) is 6.99. The van der Waals surface area contributed by atoms with E-state index in [1.54, 1.807) is 0 Å². The van der Waals surface area contributed by atoms with E-state index in [1.807, 2.05) is 6.07 Å². The number of aliphatic hydroxyl groups excluding tert-OH is 3. The predicted molar refractivity (Wildman–Crippen MR) is 82.6 cm³/mol. The van der Waals surface area contributed by atoms with Gasteiger partial charge in [-0.15, -0.1) is 0 Å². The molecule has 0 aliphatic carbocycles. The molecule has 1 aromatic rings. The highest BCUT2D eigenvalue weighted by atomic mass is 16.5. The Bertz CT molecular complexity index is 636. The maximum atomic E-state index is 10.3. The molecule has 4 unspecified atom stereocenters. The van der Waals surface area contributed by atoms with E-state index < -0.39 is 31.0 Å². The monoisotopic (exact) mass is 321 g/mol. The molecule has 1 saturated heterocycles. The molecule has 1 fully saturated rings. The fraction of sp³-hybridized carbons (Fsp3) is 0.500. The lowest BCUT2D eigenvalue weighted by Crippen LogP contribution is -2.51. The number of nitriles is 1. The quantitative estimate of drug-likeness (QED) is 0.396. The van der Waals surface area contributed by atoms with Gasteiger partial charge in [0.25, 0.3) is 0 Å². The van der Waals surface area contributed by atoms with Crippen molar-refractivity contribution in [1.82, 2.24) is 4.57 Å². The van der Waals surface area contributed by atoms with Crippen LogP contribution in [0.5, 0.6) is 0 Å². The number of hydrogen-bond donors (Lipinski definition) is 4. The van der Waals surface area contributed by atoms with Crippen LogP contribution in [0.2, 0.25) is 0 Å². The molecule has 1 aliphatic heterocycles. The van der Waals surface area contributed by atoms with E-state index in [2.05, 4.69) is 16.7 Å². The Balaban J connectivity index is 2.46. The number of aliphatic hydroxyl groups is 3. The predicted octanol–water partition coefficient (Wildman–Crippen LogP) is -1.17. The Morgan fingerprint density at radius 2 is 2.26 bits per heavy atom. The van der Waals surface area contributed by atoms with Gasteiger partial charge in [-0.1, -0.05) is 0 Å². The third kappa shape index (κ3) is 3.17. The van der Waals surface area contributed by atoms with Crippen LogP contribution in [0.15, 0.2) is 16.2 Å². The summed E-state index contributed by atoms with van der Waals surface area (Å²) in [5.41, 5.74) is 6.50. The second kappa shape index (κ2) is 7.45. The van der Waals surface area contributed by atoms with Crippen LogP contribution in [0.4, 0.5) is 5.82 Å². The van der Waals surface area contributed by atoms with Crippen molar-refractivity contribution in [1.29, 1.82) is 5.26 Å². The van der Waals surface area contributed by atoms with Gasteiger partial charge >= 0.3 is 0 Å². The van der Waals surface area contributed by atoms with Crippen LogP contribution < -0.4 is 5.73 Å². The fourth-order valence-electron chi connectivity index (χ4n) is 2.62. The van der Waals surface area contributed by atoms with Crippen molar-refractivity contribution in [3.63, 3.8) is 0 Å². The second-order valence-corrected chi connectivity index (χ2v) is 5.10. The SMILES string of the molecule is C=N/C=N\c1c(CN)c(C#N)cn1C1COC(CO)C(O)C1O. The average Bonchev–Trinajstić information content (AvgIpc) is 2.92. The molecular formula is C14H19N5O4. The zero-order chi connectivity index (χ0) is 17.0. The van der Waals surface area contributed by atoms with Gasteiger partial charge in [-0.05, 0) is 6.72 Å². The fourth-order valence-corrected chi connectivity index (χ4v) is 2.62. The Morgan fingerprint density at radius 3 is 2.83 bits per heavy atom. The van der Waals surface area contributed by atoms with Crippen molar-refractivity contribution >= 4 is 18.9 Å². The van der Waals surface area contributed by atoms with Crippen LogP contribution in [0.1, 0.15) is 17.2 Å². The summed E-state index contributed by atoms with van der Waals surface area (Å²) in [6, 6.07) is 1.34. The zero-order valence-corrected chi connectivity index (χ0v) is 12.4. The highest BCUT2D eigenvalue weighted by molar-refractivity contribution is 5.68. The minimum atomic E-state index is -1.26. The van der Waals surface area contributed by atoms with Gasteiger partial charge in [0.15, 0.2) is 0 Å². The lowest BCUT2D eigenvalue weighted by Gasteiger charge is -2.37. The van der Waals surface area contributed by atoms with E-state index >= 15 is 0 Å². The number of rotatable bonds is 5. The molecule has 5 N–H and O–H groups in total. The number of nitrogens with two attached hydrogens (primary N) is 1. The molecule has 0 amide bonds. The van der Waals surface area contributed by atoms with Gasteiger partial charge in [-0.25, -0.2) is 4.99 Å². The van der Waals surface area contributed by atoms with Crippen LogP contribution in [-0.2, 0) is 11.3 Å². The normalized spacial score (nSPS) is 28.0. The number of aliphatic imine (C=N–C) groups is 2. The molecule has 1 aliphatic rings. The van der Waals surface area contributed by atoms with Gasteiger partial charge in [0, 0.05) is 18.3 Å². The van der Waals surface area contributed by atoms with Crippen LogP contribution in [0.3, 0.4) is 0 Å². The lowest BCUT2D eigenvalue weighted by atomic mass is 9.98. The summed E-state index contributed by atoms with van der Waals surface area (Å²) in [4.78, 5) is 7.65. The lowest BCUT2D eigenvalue weighted by molar-refractivity contribution is -0.169. The molecule has 4 atom stereocenters. The van der Waals surface area contributed by atoms with Gasteiger partial charge in [0.05, 0.1) is 24.8 Å². The average molecular weight is 321 g/mol. The maximum absolute atomic E-state index is 10.3. The molecule has 9 nitrogen and oxygen atoms in total. The molecule has 0 bridgehead atoms. The van der Waals surface area contributed by atoms with Crippen molar-refractivity contribution in [2.75, 3.05) is 13.2 Å². The van der Waals surface area contributed by atoms with Crippen molar-refractivity contribution in [2.24, 2.45) is 15.7 Å². The van der Waals surface area contributed by atoms with E-state index in [9.17, 15) is 15.5 Å². The zero-order valence-electron chi connectivity index (χ0n) is 12.4. The van der Waals surface area contributed by atoms with Gasteiger partial charge in [0.2, 0.25) is 0 Å². The summed E-state index contributed by atoms with van der Waals surface area (Å²) in [6.07, 6.45) is -0.613. The standard InChI is InChI=1S/C14H19N5O4/c1-17-7-18-14-9(3-16)8(2-15)4-19(14)10-6-23-11(5-20)13(22)12(10)21/h4,7,10-13,20-22H,1,3,5-6,16H2/b18-7-. The number of aromatic nitrogens is 1. The molecule has 1 aromatic heterocycles. The van der Waals surface area contributed by atoms with Gasteiger partial charge in [-0.3, -0.25) is 4.99 Å². The van der Waals surface area contributed by atoms with Gasteiger partial charge in [0.1, 0.15) is 36.5 Å². The molecule has 9 heteroatoms. The summed E-state index contributed by atoms with van der Waals surface area (Å²) in [5.74, 6) is 0.346. The summed E-state index contributed by atoms with van der Waals surface area (Å²) in [7, 11) is 0. The van der Waals surface area contributed by atoms with Gasteiger partial charge in [-0.2, -0.15) is 5.26 Å². The summed E-state index contributed by atoms with van der Waals surface area (Å²) in [5, 5.41) is 38.7. The highest BCUT2D eigenvalue weighted by Gasteiger charge is 2.40. The van der Waals surface area contributed by atoms with Crippen LogP contribution in [0, 0.1) is 11.3 Å². The Hall–Kier alpha value is -2.09. The smallest absolute Gasteiger partial charge is 0.140 e. The molecule has 0 aromatic carbocycles. The van der Waals surface area contributed by atoms with Crippen LogP contribution in [-0.4, -0.2) is 64.5 Å². The van der Waals surface area contributed by atoms with Crippen molar-refractivity contribution in [3.05, 3.63) is 17.3 Å². The summed E-state index contributed by atoms with van der Waals surface area (Å²) < 4.78 is 6.90. The Kier molecular flexibility index (Phi) is 5.59. The van der Waals surface area contributed by atoms with Gasteiger partial charge < -0.3 is 30.4 Å². The molecule has 0 radical (unpaired) electrons. The largest absolute Gasteiger partial charge is 0.394 e. The summed E-state index contributed by atoms with van der Waals surface area (Å²) in [6.45, 7) is 3.01. The number of ether oxygens (including phenoxy) is 1. The first-order chi connectivity index (χ1) is 11.1. The van der Waals surface area contributed by atoms with E-state index in [0.717, 1.165) is 0 Å². The molecule has 23 heavy (non-hydrogen) atoms.